The number of fused-ring (bicyclic) bond motifs is 1. The predicted molar refractivity (Wildman–Crippen MR) is 77.3 cm³/mol. The average Bonchev–Trinajstić information content (AvgIpc) is 2.81. The third-order valence-electron chi connectivity index (χ3n) is 2.97. The van der Waals surface area contributed by atoms with Crippen molar-refractivity contribution < 1.29 is 9.50 Å². The van der Waals surface area contributed by atoms with Crippen LogP contribution < -0.4 is 0 Å². The lowest BCUT2D eigenvalue weighted by molar-refractivity contribution is 0.224. The van der Waals surface area contributed by atoms with E-state index in [0.717, 1.165) is 15.0 Å². The van der Waals surface area contributed by atoms with Gasteiger partial charge in [-0.15, -0.1) is 11.3 Å². The molecular weight excluding hydrogens is 283 g/mol. The molecule has 2 aromatic carbocycles. The highest BCUT2D eigenvalue weighted by Crippen LogP contribution is 2.35. The van der Waals surface area contributed by atoms with Crippen molar-refractivity contribution in [1.29, 1.82) is 0 Å². The van der Waals surface area contributed by atoms with Crippen LogP contribution in [0.1, 0.15) is 16.5 Å². The first kappa shape index (κ1) is 12.6. The van der Waals surface area contributed by atoms with Crippen LogP contribution >= 0.6 is 22.9 Å². The van der Waals surface area contributed by atoms with E-state index in [1.54, 1.807) is 18.2 Å². The van der Waals surface area contributed by atoms with Crippen molar-refractivity contribution in [2.75, 3.05) is 0 Å². The molecular formula is C15H10ClFOS. The van der Waals surface area contributed by atoms with Crippen LogP contribution in [0.5, 0.6) is 0 Å². The minimum absolute atomic E-state index is 0.270. The molecule has 1 N–H and O–H groups in total. The van der Waals surface area contributed by atoms with Crippen LogP contribution in [0.2, 0.25) is 5.02 Å². The number of thiophene rings is 1. The minimum Gasteiger partial charge on any atom is -0.383 e. The molecule has 0 aliphatic carbocycles. The standard InChI is InChI=1S/C15H10ClFOS/c16-12-4-2-1-3-11(12)15(18)14-7-9-5-6-10(17)8-13(9)19-14/h1-8,15,18H. The summed E-state index contributed by atoms with van der Waals surface area (Å²) in [6, 6.07) is 13.7. The monoisotopic (exact) mass is 292 g/mol. The zero-order valence-corrected chi connectivity index (χ0v) is 11.4. The molecule has 96 valence electrons. The van der Waals surface area contributed by atoms with Gasteiger partial charge >= 0.3 is 0 Å². The summed E-state index contributed by atoms with van der Waals surface area (Å²) < 4.78 is 14.0. The van der Waals surface area contributed by atoms with Gasteiger partial charge in [-0.2, -0.15) is 0 Å². The molecule has 3 aromatic rings. The molecule has 0 aliphatic rings. The number of hydrogen-bond donors (Lipinski definition) is 1. The smallest absolute Gasteiger partial charge is 0.124 e. The van der Waals surface area contributed by atoms with Crippen LogP contribution in [0, 0.1) is 5.82 Å². The molecule has 0 aliphatic heterocycles. The van der Waals surface area contributed by atoms with Gasteiger partial charge < -0.3 is 5.11 Å². The Bertz CT molecular complexity index is 738. The lowest BCUT2D eigenvalue weighted by Gasteiger charge is -2.10. The van der Waals surface area contributed by atoms with Crippen molar-refractivity contribution in [3.8, 4) is 0 Å². The van der Waals surface area contributed by atoms with E-state index in [1.807, 2.05) is 18.2 Å². The highest BCUT2D eigenvalue weighted by Gasteiger charge is 2.16. The average molecular weight is 293 g/mol. The Hall–Kier alpha value is -1.42. The number of benzene rings is 2. The Labute approximate surface area is 118 Å². The summed E-state index contributed by atoms with van der Waals surface area (Å²) >= 11 is 7.45. The van der Waals surface area contributed by atoms with E-state index in [1.165, 1.54) is 23.5 Å². The van der Waals surface area contributed by atoms with Crippen molar-refractivity contribution in [3.05, 3.63) is 69.8 Å². The summed E-state index contributed by atoms with van der Waals surface area (Å²) in [6.45, 7) is 0. The van der Waals surface area contributed by atoms with Gasteiger partial charge in [0.05, 0.1) is 0 Å². The number of aliphatic hydroxyl groups excluding tert-OH is 1. The summed E-state index contributed by atoms with van der Waals surface area (Å²) in [7, 11) is 0. The fourth-order valence-electron chi connectivity index (χ4n) is 2.01. The zero-order chi connectivity index (χ0) is 13.4. The SMILES string of the molecule is OC(c1cc2ccc(F)cc2s1)c1ccccc1Cl. The van der Waals surface area contributed by atoms with E-state index >= 15 is 0 Å². The fraction of sp³-hybridized carbons (Fsp3) is 0.0667. The Morgan fingerprint density at radius 1 is 1.11 bits per heavy atom. The fourth-order valence-corrected chi connectivity index (χ4v) is 3.34. The van der Waals surface area contributed by atoms with Crippen molar-refractivity contribution in [3.63, 3.8) is 0 Å². The summed E-state index contributed by atoms with van der Waals surface area (Å²) in [6.07, 6.45) is -0.783. The Kier molecular flexibility index (Phi) is 3.27. The van der Waals surface area contributed by atoms with E-state index in [9.17, 15) is 9.50 Å². The highest BCUT2D eigenvalue weighted by molar-refractivity contribution is 7.19. The maximum absolute atomic E-state index is 13.2. The maximum atomic E-state index is 13.2. The van der Waals surface area contributed by atoms with Gasteiger partial charge in [-0.1, -0.05) is 35.9 Å². The van der Waals surface area contributed by atoms with Crippen LogP contribution in [0.4, 0.5) is 4.39 Å². The second kappa shape index (κ2) is 4.93. The Balaban J connectivity index is 2.07. The molecule has 0 radical (unpaired) electrons. The molecule has 1 atom stereocenters. The first-order chi connectivity index (χ1) is 9.15. The van der Waals surface area contributed by atoms with E-state index in [-0.39, 0.29) is 5.82 Å². The number of aliphatic hydroxyl groups is 1. The molecule has 1 nitrogen and oxygen atoms in total. The van der Waals surface area contributed by atoms with Crippen molar-refractivity contribution >= 4 is 33.0 Å². The molecule has 0 saturated heterocycles. The van der Waals surface area contributed by atoms with Crippen LogP contribution in [-0.4, -0.2) is 5.11 Å². The molecule has 0 saturated carbocycles. The van der Waals surface area contributed by atoms with Gasteiger partial charge in [0.2, 0.25) is 0 Å². The molecule has 1 unspecified atom stereocenters. The minimum atomic E-state index is -0.783. The van der Waals surface area contributed by atoms with Gasteiger partial charge in [0, 0.05) is 20.2 Å². The molecule has 4 heteroatoms. The first-order valence-corrected chi connectivity index (χ1v) is 6.96. The van der Waals surface area contributed by atoms with Gasteiger partial charge in [-0.25, -0.2) is 4.39 Å². The second-order valence-corrected chi connectivity index (χ2v) is 5.78. The summed E-state index contributed by atoms with van der Waals surface area (Å²) in [4.78, 5) is 0.758. The molecule has 1 aromatic heterocycles. The lowest BCUT2D eigenvalue weighted by Crippen LogP contribution is -1.97. The van der Waals surface area contributed by atoms with Gasteiger partial charge in [0.25, 0.3) is 0 Å². The maximum Gasteiger partial charge on any atom is 0.124 e. The molecule has 0 fully saturated rings. The highest BCUT2D eigenvalue weighted by atomic mass is 35.5. The van der Waals surface area contributed by atoms with Gasteiger partial charge in [0.1, 0.15) is 11.9 Å². The molecule has 3 rings (SSSR count). The van der Waals surface area contributed by atoms with Crippen molar-refractivity contribution in [2.24, 2.45) is 0 Å². The third kappa shape index (κ3) is 2.37. The normalized spacial score (nSPS) is 12.8. The van der Waals surface area contributed by atoms with Gasteiger partial charge in [-0.05, 0) is 29.7 Å². The predicted octanol–water partition coefficient (Wildman–Crippen LogP) is 4.78. The Morgan fingerprint density at radius 3 is 2.68 bits per heavy atom. The van der Waals surface area contributed by atoms with E-state index in [2.05, 4.69) is 0 Å². The number of halogens is 2. The second-order valence-electron chi connectivity index (χ2n) is 4.25. The number of rotatable bonds is 2. The molecule has 0 bridgehead atoms. The van der Waals surface area contributed by atoms with E-state index in [4.69, 9.17) is 11.6 Å². The van der Waals surface area contributed by atoms with E-state index < -0.39 is 6.10 Å². The third-order valence-corrected chi connectivity index (χ3v) is 4.46. The van der Waals surface area contributed by atoms with E-state index in [0.29, 0.717) is 10.6 Å². The molecule has 0 spiro atoms. The number of hydrogen-bond acceptors (Lipinski definition) is 2. The zero-order valence-electron chi connectivity index (χ0n) is 9.81. The summed E-state index contributed by atoms with van der Waals surface area (Å²) in [5.74, 6) is -0.270. The van der Waals surface area contributed by atoms with Gasteiger partial charge in [0.15, 0.2) is 0 Å². The Morgan fingerprint density at radius 2 is 1.89 bits per heavy atom. The van der Waals surface area contributed by atoms with Crippen LogP contribution in [0.3, 0.4) is 0 Å². The first-order valence-electron chi connectivity index (χ1n) is 5.76. The molecule has 19 heavy (non-hydrogen) atoms. The van der Waals surface area contributed by atoms with Gasteiger partial charge in [-0.3, -0.25) is 0 Å². The lowest BCUT2D eigenvalue weighted by atomic mass is 10.1. The van der Waals surface area contributed by atoms with Crippen LogP contribution in [0.25, 0.3) is 10.1 Å². The van der Waals surface area contributed by atoms with Crippen LogP contribution in [0.15, 0.2) is 48.5 Å². The van der Waals surface area contributed by atoms with Crippen molar-refractivity contribution in [2.45, 2.75) is 6.10 Å². The molecule has 0 amide bonds. The largest absolute Gasteiger partial charge is 0.383 e. The van der Waals surface area contributed by atoms with Crippen molar-refractivity contribution in [1.82, 2.24) is 0 Å². The topological polar surface area (TPSA) is 20.2 Å². The summed E-state index contributed by atoms with van der Waals surface area (Å²) in [5, 5.41) is 11.8. The molecule has 1 heterocycles. The summed E-state index contributed by atoms with van der Waals surface area (Å²) in [5.41, 5.74) is 0.663. The van der Waals surface area contributed by atoms with Crippen LogP contribution in [-0.2, 0) is 0 Å². The quantitative estimate of drug-likeness (QED) is 0.721.